The van der Waals surface area contributed by atoms with Gasteiger partial charge < -0.3 is 16.0 Å². The summed E-state index contributed by atoms with van der Waals surface area (Å²) in [6, 6.07) is 7.96. The van der Waals surface area contributed by atoms with Gasteiger partial charge in [0.25, 0.3) is 0 Å². The van der Waals surface area contributed by atoms with Gasteiger partial charge in [-0.3, -0.25) is 4.79 Å². The van der Waals surface area contributed by atoms with Crippen LogP contribution in [-0.2, 0) is 4.79 Å². The van der Waals surface area contributed by atoms with Crippen LogP contribution >= 0.6 is 11.6 Å². The van der Waals surface area contributed by atoms with E-state index in [2.05, 4.69) is 10.2 Å². The zero-order chi connectivity index (χ0) is 15.5. The highest BCUT2D eigenvalue weighted by molar-refractivity contribution is 6.30. The van der Waals surface area contributed by atoms with Gasteiger partial charge in [0.1, 0.15) is 0 Å². The molecule has 1 aromatic rings. The Morgan fingerprint density at radius 3 is 3.00 bits per heavy atom. The summed E-state index contributed by atoms with van der Waals surface area (Å²) in [5, 5.41) is 3.81. The molecule has 21 heavy (non-hydrogen) atoms. The molecule has 3 N–H and O–H groups in total. The Hall–Kier alpha value is -1.26. The topological polar surface area (TPSA) is 58.4 Å². The Morgan fingerprint density at radius 1 is 1.57 bits per heavy atom. The van der Waals surface area contributed by atoms with E-state index in [1.807, 2.05) is 31.2 Å². The van der Waals surface area contributed by atoms with E-state index in [9.17, 15) is 4.79 Å². The molecule has 2 atom stereocenters. The smallest absolute Gasteiger partial charge is 0.240 e. The Bertz CT molecular complexity index is 504. The van der Waals surface area contributed by atoms with Gasteiger partial charge in [-0.15, -0.1) is 0 Å². The van der Waals surface area contributed by atoms with Gasteiger partial charge >= 0.3 is 0 Å². The fourth-order valence-electron chi connectivity index (χ4n) is 2.77. The summed E-state index contributed by atoms with van der Waals surface area (Å²) in [5.41, 5.74) is 6.39. The number of carbonyl (C=O) groups excluding carboxylic acids is 1. The molecular formula is C16H24ClN3O. The van der Waals surface area contributed by atoms with Crippen LogP contribution in [0, 0.1) is 0 Å². The summed E-state index contributed by atoms with van der Waals surface area (Å²) in [7, 11) is 0. The summed E-state index contributed by atoms with van der Waals surface area (Å²) in [5.74, 6) is -0.0534. The quantitative estimate of drug-likeness (QED) is 0.879. The maximum Gasteiger partial charge on any atom is 0.240 e. The fraction of sp³-hybridized carbons (Fsp3) is 0.562. The van der Waals surface area contributed by atoms with Crippen LogP contribution in [0.3, 0.4) is 0 Å². The van der Waals surface area contributed by atoms with Crippen molar-refractivity contribution in [1.82, 2.24) is 5.32 Å². The van der Waals surface area contributed by atoms with Crippen molar-refractivity contribution >= 4 is 23.2 Å². The number of nitrogens with zero attached hydrogens (tertiary/aromatic N) is 1. The molecule has 1 saturated heterocycles. The summed E-state index contributed by atoms with van der Waals surface area (Å²) in [6.07, 6.45) is 2.53. The Balaban J connectivity index is 1.92. The van der Waals surface area contributed by atoms with Crippen molar-refractivity contribution in [3.63, 3.8) is 0 Å². The molecule has 2 unspecified atom stereocenters. The molecule has 116 valence electrons. The largest absolute Gasteiger partial charge is 0.369 e. The minimum absolute atomic E-state index is 0.0534. The molecule has 0 saturated carbocycles. The number of hydrogen-bond donors (Lipinski definition) is 2. The van der Waals surface area contributed by atoms with E-state index >= 15 is 0 Å². The third-order valence-corrected chi connectivity index (χ3v) is 4.22. The van der Waals surface area contributed by atoms with Crippen molar-refractivity contribution in [2.75, 3.05) is 18.0 Å². The molecule has 1 fully saturated rings. The molecule has 1 heterocycles. The average Bonchev–Trinajstić information content (AvgIpc) is 2.87. The van der Waals surface area contributed by atoms with Gasteiger partial charge in [0.05, 0.1) is 5.54 Å². The first-order chi connectivity index (χ1) is 9.92. The summed E-state index contributed by atoms with van der Waals surface area (Å²) >= 11 is 6.03. The molecule has 4 nitrogen and oxygen atoms in total. The van der Waals surface area contributed by atoms with Gasteiger partial charge in [0.15, 0.2) is 0 Å². The molecule has 1 aromatic carbocycles. The molecule has 0 radical (unpaired) electrons. The van der Waals surface area contributed by atoms with Crippen molar-refractivity contribution in [2.45, 2.75) is 44.7 Å². The van der Waals surface area contributed by atoms with Crippen LogP contribution in [0.1, 0.15) is 33.1 Å². The van der Waals surface area contributed by atoms with Crippen LogP contribution in [0.15, 0.2) is 24.3 Å². The Labute approximate surface area is 131 Å². The van der Waals surface area contributed by atoms with E-state index in [1.54, 1.807) is 6.92 Å². The van der Waals surface area contributed by atoms with E-state index in [1.165, 1.54) is 0 Å². The summed E-state index contributed by atoms with van der Waals surface area (Å²) in [4.78, 5) is 14.5. The molecule has 0 spiro atoms. The van der Waals surface area contributed by atoms with E-state index in [-0.39, 0.29) is 11.9 Å². The number of nitrogens with two attached hydrogens (primary N) is 1. The van der Waals surface area contributed by atoms with Crippen LogP contribution in [0.2, 0.25) is 5.02 Å². The first-order valence-corrected chi connectivity index (χ1v) is 7.90. The number of anilines is 1. The molecule has 0 aromatic heterocycles. The Morgan fingerprint density at radius 2 is 2.33 bits per heavy atom. The number of carbonyl (C=O) groups is 1. The normalized spacial score (nSPS) is 21.1. The molecule has 2 rings (SSSR count). The second kappa shape index (κ2) is 6.67. The first-order valence-electron chi connectivity index (χ1n) is 7.53. The Kier molecular flexibility index (Phi) is 5.12. The van der Waals surface area contributed by atoms with Gasteiger partial charge in [-0.05, 0) is 38.0 Å². The third-order valence-electron chi connectivity index (χ3n) is 3.98. The summed E-state index contributed by atoms with van der Waals surface area (Å²) < 4.78 is 0. The summed E-state index contributed by atoms with van der Waals surface area (Å²) in [6.45, 7) is 5.55. The first kappa shape index (κ1) is 16.1. The van der Waals surface area contributed by atoms with Crippen molar-refractivity contribution in [3.8, 4) is 0 Å². The van der Waals surface area contributed by atoms with Crippen molar-refractivity contribution in [3.05, 3.63) is 29.3 Å². The molecule has 1 aliphatic rings. The van der Waals surface area contributed by atoms with Gasteiger partial charge in [-0.2, -0.15) is 0 Å². The lowest BCUT2D eigenvalue weighted by Gasteiger charge is -2.25. The average molecular weight is 310 g/mol. The minimum Gasteiger partial charge on any atom is -0.369 e. The number of halogens is 1. The van der Waals surface area contributed by atoms with Crippen LogP contribution in [-0.4, -0.2) is 30.6 Å². The second-order valence-corrected chi connectivity index (χ2v) is 6.49. The van der Waals surface area contributed by atoms with E-state index in [0.717, 1.165) is 36.6 Å². The maximum atomic E-state index is 12.2. The predicted molar refractivity (Wildman–Crippen MR) is 87.7 cm³/mol. The number of amides is 1. The minimum atomic E-state index is -0.780. The van der Waals surface area contributed by atoms with Crippen LogP contribution in [0.25, 0.3) is 0 Å². The number of hydrogen-bond acceptors (Lipinski definition) is 3. The lowest BCUT2D eigenvalue weighted by Crippen LogP contribution is -2.54. The van der Waals surface area contributed by atoms with Gasteiger partial charge in [-0.1, -0.05) is 31.0 Å². The lowest BCUT2D eigenvalue weighted by atomic mass is 9.96. The van der Waals surface area contributed by atoms with Gasteiger partial charge in [-0.25, -0.2) is 0 Å². The van der Waals surface area contributed by atoms with E-state index in [0.29, 0.717) is 6.42 Å². The van der Waals surface area contributed by atoms with Crippen molar-refractivity contribution < 1.29 is 4.79 Å². The van der Waals surface area contributed by atoms with Crippen molar-refractivity contribution in [1.29, 1.82) is 0 Å². The number of benzene rings is 1. The zero-order valence-electron chi connectivity index (χ0n) is 12.7. The fourth-order valence-corrected chi connectivity index (χ4v) is 2.95. The standard InChI is InChI=1S/C16H24ClN3O/c1-3-8-16(2,18)15(21)19-13-7-9-20(11-13)14-6-4-5-12(17)10-14/h4-6,10,13H,3,7-9,11,18H2,1-2H3,(H,19,21). The van der Waals surface area contributed by atoms with Crippen LogP contribution in [0.4, 0.5) is 5.69 Å². The van der Waals surface area contributed by atoms with Crippen molar-refractivity contribution in [2.24, 2.45) is 5.73 Å². The number of nitrogens with one attached hydrogen (secondary N) is 1. The van der Waals surface area contributed by atoms with E-state index < -0.39 is 5.54 Å². The monoisotopic (exact) mass is 309 g/mol. The maximum absolute atomic E-state index is 12.2. The molecule has 1 aliphatic heterocycles. The predicted octanol–water partition coefficient (Wildman–Crippen LogP) is 2.55. The SMILES string of the molecule is CCCC(C)(N)C(=O)NC1CCN(c2cccc(Cl)c2)C1. The highest BCUT2D eigenvalue weighted by Gasteiger charge is 2.31. The second-order valence-electron chi connectivity index (χ2n) is 6.05. The van der Waals surface area contributed by atoms with Gasteiger partial charge in [0, 0.05) is 29.8 Å². The highest BCUT2D eigenvalue weighted by atomic mass is 35.5. The zero-order valence-corrected chi connectivity index (χ0v) is 13.5. The third kappa shape index (κ3) is 4.11. The van der Waals surface area contributed by atoms with Crippen LogP contribution < -0.4 is 16.0 Å². The molecule has 1 amide bonds. The number of rotatable bonds is 5. The molecule has 5 heteroatoms. The highest BCUT2D eigenvalue weighted by Crippen LogP contribution is 2.23. The van der Waals surface area contributed by atoms with E-state index in [4.69, 9.17) is 17.3 Å². The molecule has 0 aliphatic carbocycles. The van der Waals surface area contributed by atoms with Crippen LogP contribution in [0.5, 0.6) is 0 Å². The lowest BCUT2D eigenvalue weighted by molar-refractivity contribution is -0.126. The molecular weight excluding hydrogens is 286 g/mol. The van der Waals surface area contributed by atoms with Gasteiger partial charge in [0.2, 0.25) is 5.91 Å². The molecule has 0 bridgehead atoms.